The van der Waals surface area contributed by atoms with E-state index in [-0.39, 0.29) is 29.2 Å². The third-order valence-electron chi connectivity index (χ3n) is 4.22. The van der Waals surface area contributed by atoms with Crippen LogP contribution in [0.25, 0.3) is 0 Å². The second-order valence-electron chi connectivity index (χ2n) is 6.08. The first-order valence-electron chi connectivity index (χ1n) is 8.24. The van der Waals surface area contributed by atoms with Crippen LogP contribution in [0.4, 0.5) is 14.5 Å². The number of amides is 1. The Morgan fingerprint density at radius 3 is 2.44 bits per heavy atom. The van der Waals surface area contributed by atoms with Gasteiger partial charge in [0.1, 0.15) is 0 Å². The molecule has 0 aromatic heterocycles. The molecule has 1 saturated heterocycles. The molecule has 0 saturated carbocycles. The van der Waals surface area contributed by atoms with Crippen LogP contribution >= 0.6 is 0 Å². The Morgan fingerprint density at radius 2 is 1.78 bits per heavy atom. The lowest BCUT2D eigenvalue weighted by atomic mass is 10.2. The number of aryl methyl sites for hydroxylation is 1. The van der Waals surface area contributed by atoms with Crippen LogP contribution in [0.2, 0.25) is 0 Å². The normalized spacial score (nSPS) is 15.5. The van der Waals surface area contributed by atoms with Gasteiger partial charge < -0.3 is 10.1 Å². The molecule has 144 valence electrons. The number of ether oxygens (including phenoxy) is 1. The number of hydrogen-bond donors (Lipinski definition) is 1. The first-order chi connectivity index (χ1) is 12.8. The average molecular weight is 396 g/mol. The van der Waals surface area contributed by atoms with Gasteiger partial charge in [-0.25, -0.2) is 17.2 Å². The Balaban J connectivity index is 1.86. The van der Waals surface area contributed by atoms with E-state index in [1.807, 2.05) is 0 Å². The van der Waals surface area contributed by atoms with Crippen molar-refractivity contribution in [2.75, 3.05) is 31.6 Å². The van der Waals surface area contributed by atoms with E-state index in [9.17, 15) is 22.0 Å². The van der Waals surface area contributed by atoms with Gasteiger partial charge in [-0.2, -0.15) is 4.31 Å². The van der Waals surface area contributed by atoms with E-state index >= 15 is 0 Å². The van der Waals surface area contributed by atoms with Crippen LogP contribution < -0.4 is 5.32 Å². The fraction of sp³-hybridized carbons (Fsp3) is 0.278. The van der Waals surface area contributed by atoms with E-state index in [1.54, 1.807) is 19.1 Å². The van der Waals surface area contributed by atoms with E-state index < -0.39 is 27.6 Å². The van der Waals surface area contributed by atoms with Crippen LogP contribution in [-0.4, -0.2) is 44.9 Å². The minimum absolute atomic E-state index is 0.0764. The van der Waals surface area contributed by atoms with Crippen molar-refractivity contribution in [1.29, 1.82) is 0 Å². The van der Waals surface area contributed by atoms with Gasteiger partial charge in [0, 0.05) is 24.3 Å². The van der Waals surface area contributed by atoms with Gasteiger partial charge in [-0.15, -0.1) is 0 Å². The molecule has 1 N–H and O–H groups in total. The Bertz CT molecular complexity index is 973. The summed E-state index contributed by atoms with van der Waals surface area (Å²) in [6, 6.07) is 7.27. The van der Waals surface area contributed by atoms with Gasteiger partial charge in [0.25, 0.3) is 5.91 Å². The van der Waals surface area contributed by atoms with E-state index in [1.165, 1.54) is 10.4 Å². The second kappa shape index (κ2) is 7.71. The van der Waals surface area contributed by atoms with Crippen molar-refractivity contribution in [3.63, 3.8) is 0 Å². The number of nitrogens with one attached hydrogen (secondary N) is 1. The van der Waals surface area contributed by atoms with Gasteiger partial charge in [0.05, 0.1) is 18.1 Å². The maximum atomic E-state index is 13.3. The summed E-state index contributed by atoms with van der Waals surface area (Å²) in [4.78, 5) is 12.3. The summed E-state index contributed by atoms with van der Waals surface area (Å²) in [5.74, 6) is -2.87. The zero-order valence-corrected chi connectivity index (χ0v) is 15.4. The Kier molecular flexibility index (Phi) is 5.54. The van der Waals surface area contributed by atoms with Crippen LogP contribution in [0.3, 0.4) is 0 Å². The molecular weight excluding hydrogens is 378 g/mol. The molecule has 0 unspecified atom stereocenters. The molecule has 0 atom stereocenters. The molecule has 2 aromatic carbocycles. The first-order valence-corrected chi connectivity index (χ1v) is 9.68. The zero-order valence-electron chi connectivity index (χ0n) is 14.5. The minimum atomic E-state index is -3.74. The summed E-state index contributed by atoms with van der Waals surface area (Å²) in [5.41, 5.74) is 0.696. The molecule has 1 aliphatic rings. The summed E-state index contributed by atoms with van der Waals surface area (Å²) >= 11 is 0. The molecule has 1 amide bonds. The maximum absolute atomic E-state index is 13.3. The molecule has 2 aromatic rings. The smallest absolute Gasteiger partial charge is 0.255 e. The Morgan fingerprint density at radius 1 is 1.07 bits per heavy atom. The molecular formula is C18H18F2N2O4S. The number of halogens is 2. The SMILES string of the molecule is Cc1ccc(NC(=O)c2ccc(F)c(F)c2)cc1S(=O)(=O)N1CCOCC1. The van der Waals surface area contributed by atoms with Crippen molar-refractivity contribution >= 4 is 21.6 Å². The number of nitrogens with zero attached hydrogens (tertiary/aromatic N) is 1. The standard InChI is InChI=1S/C18H18F2N2O4S/c1-12-2-4-14(21-18(23)13-3-5-15(19)16(20)10-13)11-17(12)27(24,25)22-6-8-26-9-7-22/h2-5,10-11H,6-9H2,1H3,(H,21,23). The molecule has 1 heterocycles. The first kappa shape index (κ1) is 19.4. The fourth-order valence-electron chi connectivity index (χ4n) is 2.72. The molecule has 27 heavy (non-hydrogen) atoms. The van der Waals surface area contributed by atoms with Crippen molar-refractivity contribution in [2.45, 2.75) is 11.8 Å². The molecule has 1 fully saturated rings. The molecule has 3 rings (SSSR count). The Labute approximate surface area is 155 Å². The molecule has 0 bridgehead atoms. The van der Waals surface area contributed by atoms with E-state index in [0.29, 0.717) is 18.8 Å². The number of hydrogen-bond acceptors (Lipinski definition) is 4. The highest BCUT2D eigenvalue weighted by Crippen LogP contribution is 2.25. The molecule has 0 aliphatic carbocycles. The lowest BCUT2D eigenvalue weighted by molar-refractivity contribution is 0.0730. The predicted octanol–water partition coefficient (Wildman–Crippen LogP) is 2.55. The van der Waals surface area contributed by atoms with Gasteiger partial charge in [-0.05, 0) is 42.8 Å². The van der Waals surface area contributed by atoms with Gasteiger partial charge in [0.2, 0.25) is 10.0 Å². The van der Waals surface area contributed by atoms with E-state index in [2.05, 4.69) is 5.32 Å². The van der Waals surface area contributed by atoms with Crippen LogP contribution in [-0.2, 0) is 14.8 Å². The number of morpholine rings is 1. The van der Waals surface area contributed by atoms with E-state index in [4.69, 9.17) is 4.74 Å². The topological polar surface area (TPSA) is 75.7 Å². The largest absolute Gasteiger partial charge is 0.379 e. The van der Waals surface area contributed by atoms with Crippen molar-refractivity contribution in [3.05, 3.63) is 59.2 Å². The van der Waals surface area contributed by atoms with Crippen molar-refractivity contribution in [2.24, 2.45) is 0 Å². The lowest BCUT2D eigenvalue weighted by Gasteiger charge is -2.26. The number of carbonyl (C=O) groups is 1. The van der Waals surface area contributed by atoms with Gasteiger partial charge in [-0.1, -0.05) is 6.07 Å². The summed E-state index contributed by atoms with van der Waals surface area (Å²) in [5, 5.41) is 2.51. The number of sulfonamides is 1. The van der Waals surface area contributed by atoms with Crippen molar-refractivity contribution in [1.82, 2.24) is 4.31 Å². The fourth-order valence-corrected chi connectivity index (χ4v) is 4.38. The second-order valence-corrected chi connectivity index (χ2v) is 7.99. The van der Waals surface area contributed by atoms with Crippen LogP contribution in [0.1, 0.15) is 15.9 Å². The van der Waals surface area contributed by atoms with E-state index in [0.717, 1.165) is 18.2 Å². The van der Waals surface area contributed by atoms with Crippen molar-refractivity contribution < 1.29 is 26.7 Å². The zero-order chi connectivity index (χ0) is 19.6. The monoisotopic (exact) mass is 396 g/mol. The van der Waals surface area contributed by atoms with Gasteiger partial charge >= 0.3 is 0 Å². The highest BCUT2D eigenvalue weighted by Gasteiger charge is 2.28. The predicted molar refractivity (Wildman–Crippen MR) is 95.1 cm³/mol. The molecule has 1 aliphatic heterocycles. The molecule has 6 nitrogen and oxygen atoms in total. The van der Waals surface area contributed by atoms with Gasteiger partial charge in [-0.3, -0.25) is 4.79 Å². The number of anilines is 1. The maximum Gasteiger partial charge on any atom is 0.255 e. The Hall–Kier alpha value is -2.36. The minimum Gasteiger partial charge on any atom is -0.379 e. The third kappa shape index (κ3) is 4.15. The van der Waals surface area contributed by atoms with Crippen LogP contribution in [0.15, 0.2) is 41.3 Å². The van der Waals surface area contributed by atoms with Crippen molar-refractivity contribution in [3.8, 4) is 0 Å². The molecule has 0 spiro atoms. The quantitative estimate of drug-likeness (QED) is 0.862. The lowest BCUT2D eigenvalue weighted by Crippen LogP contribution is -2.40. The summed E-state index contributed by atoms with van der Waals surface area (Å²) in [6.45, 7) is 2.82. The molecule has 9 heteroatoms. The summed E-state index contributed by atoms with van der Waals surface area (Å²) in [7, 11) is -3.74. The summed E-state index contributed by atoms with van der Waals surface area (Å²) in [6.07, 6.45) is 0. The molecule has 0 radical (unpaired) electrons. The van der Waals surface area contributed by atoms with Crippen LogP contribution in [0, 0.1) is 18.6 Å². The van der Waals surface area contributed by atoms with Crippen LogP contribution in [0.5, 0.6) is 0 Å². The average Bonchev–Trinajstić information content (AvgIpc) is 2.66. The number of benzene rings is 2. The highest BCUT2D eigenvalue weighted by atomic mass is 32.2. The number of rotatable bonds is 4. The number of carbonyl (C=O) groups excluding carboxylic acids is 1. The third-order valence-corrected chi connectivity index (χ3v) is 6.26. The summed E-state index contributed by atoms with van der Waals surface area (Å²) < 4.78 is 58.6. The van der Waals surface area contributed by atoms with Gasteiger partial charge in [0.15, 0.2) is 11.6 Å². The highest BCUT2D eigenvalue weighted by molar-refractivity contribution is 7.89.